The SMILES string of the molecule is COC(=O)[C@]12OC[C@]34[C@H]([C@@H](O)[C@@H]1O)[C@@]1(C)CC(=O)C(OC(C)=O)=C(C)[C@@H]1C[C@H]3OC(=O)[C@H](OC(C)=O)[C@@H]24. The molecular weight excluding hydrogens is 492 g/mol. The van der Waals surface area contributed by atoms with Crippen LogP contribution in [0.2, 0.25) is 0 Å². The summed E-state index contributed by atoms with van der Waals surface area (Å²) in [6.45, 7) is 5.49. The monoisotopic (exact) mass is 522 g/mol. The van der Waals surface area contributed by atoms with Crippen LogP contribution in [0.15, 0.2) is 11.3 Å². The van der Waals surface area contributed by atoms with E-state index < -0.39 is 88.3 Å². The first-order chi connectivity index (χ1) is 17.3. The minimum Gasteiger partial charge on any atom is -0.467 e. The molecule has 202 valence electrons. The Labute approximate surface area is 212 Å². The van der Waals surface area contributed by atoms with Gasteiger partial charge >= 0.3 is 23.9 Å². The first-order valence-corrected chi connectivity index (χ1v) is 12.2. The van der Waals surface area contributed by atoms with Crippen molar-refractivity contribution in [3.05, 3.63) is 11.3 Å². The number of aliphatic hydroxyl groups is 2. The second-order valence-electron chi connectivity index (χ2n) is 11.0. The average Bonchev–Trinajstić information content (AvgIpc) is 3.12. The Morgan fingerprint density at radius 3 is 2.35 bits per heavy atom. The lowest BCUT2D eigenvalue weighted by molar-refractivity contribution is -0.290. The molecule has 4 fully saturated rings. The number of ketones is 1. The van der Waals surface area contributed by atoms with Crippen LogP contribution in [0, 0.1) is 28.6 Å². The van der Waals surface area contributed by atoms with Gasteiger partial charge in [0.2, 0.25) is 11.7 Å². The number of hydrogen-bond donors (Lipinski definition) is 2. The van der Waals surface area contributed by atoms with Gasteiger partial charge in [0.15, 0.2) is 11.5 Å². The van der Waals surface area contributed by atoms with E-state index in [-0.39, 0.29) is 25.2 Å². The van der Waals surface area contributed by atoms with Gasteiger partial charge in [-0.1, -0.05) is 6.92 Å². The van der Waals surface area contributed by atoms with E-state index >= 15 is 0 Å². The molecule has 0 radical (unpaired) electrons. The summed E-state index contributed by atoms with van der Waals surface area (Å²) in [6.07, 6.45) is -6.01. The number of carbonyl (C=O) groups excluding carboxylic acids is 5. The highest BCUT2D eigenvalue weighted by atomic mass is 16.6. The fraction of sp³-hybridized carbons (Fsp3) is 0.720. The molecule has 12 heteroatoms. The highest BCUT2D eigenvalue weighted by molar-refractivity contribution is 5.98. The van der Waals surface area contributed by atoms with Crippen molar-refractivity contribution in [3.8, 4) is 0 Å². The van der Waals surface area contributed by atoms with Gasteiger partial charge in [-0.25, -0.2) is 9.59 Å². The Hall–Kier alpha value is -2.83. The molecule has 2 bridgehead atoms. The van der Waals surface area contributed by atoms with Crippen molar-refractivity contribution >= 4 is 29.7 Å². The Morgan fingerprint density at radius 2 is 1.76 bits per heavy atom. The molecule has 1 spiro atoms. The van der Waals surface area contributed by atoms with Gasteiger partial charge in [0, 0.05) is 31.6 Å². The fourth-order valence-electron chi connectivity index (χ4n) is 8.31. The fourth-order valence-corrected chi connectivity index (χ4v) is 8.31. The van der Waals surface area contributed by atoms with Crippen molar-refractivity contribution in [3.63, 3.8) is 0 Å². The molecular formula is C25H30O12. The zero-order valence-corrected chi connectivity index (χ0v) is 21.1. The van der Waals surface area contributed by atoms with Crippen LogP contribution in [0.25, 0.3) is 0 Å². The van der Waals surface area contributed by atoms with Gasteiger partial charge in [0.1, 0.15) is 12.2 Å². The predicted octanol–water partition coefficient (Wildman–Crippen LogP) is -0.424. The number of ether oxygens (including phenoxy) is 5. The number of allylic oxidation sites excluding steroid dienone is 2. The van der Waals surface area contributed by atoms with Crippen LogP contribution in [0.3, 0.4) is 0 Å². The summed E-state index contributed by atoms with van der Waals surface area (Å²) in [4.78, 5) is 63.4. The minimum absolute atomic E-state index is 0.0835. The molecule has 12 nitrogen and oxygen atoms in total. The van der Waals surface area contributed by atoms with Crippen LogP contribution in [-0.2, 0) is 47.7 Å². The van der Waals surface area contributed by atoms with Crippen LogP contribution in [0.1, 0.15) is 40.5 Å². The van der Waals surface area contributed by atoms with Crippen LogP contribution < -0.4 is 0 Å². The molecule has 0 aromatic carbocycles. The first-order valence-electron chi connectivity index (χ1n) is 12.2. The van der Waals surface area contributed by atoms with Gasteiger partial charge in [-0.05, 0) is 30.3 Å². The molecule has 0 aromatic rings. The van der Waals surface area contributed by atoms with Gasteiger partial charge < -0.3 is 33.9 Å². The number of hydrogen-bond acceptors (Lipinski definition) is 12. The number of Topliss-reactive ketones (excluding diaryl/α,β-unsaturated/α-hetero) is 1. The third-order valence-electron chi connectivity index (χ3n) is 9.35. The van der Waals surface area contributed by atoms with E-state index in [1.165, 1.54) is 6.92 Å². The maximum Gasteiger partial charge on any atom is 0.348 e. The molecule has 2 saturated heterocycles. The normalized spacial score (nSPS) is 45.9. The third kappa shape index (κ3) is 3.03. The number of methoxy groups -OCH3 is 1. The molecule has 2 aliphatic heterocycles. The lowest BCUT2D eigenvalue weighted by Gasteiger charge is -2.67. The molecule has 0 unspecified atom stereocenters. The van der Waals surface area contributed by atoms with Gasteiger partial charge in [-0.3, -0.25) is 14.4 Å². The lowest BCUT2D eigenvalue weighted by atomic mass is 9.38. The summed E-state index contributed by atoms with van der Waals surface area (Å²) in [6, 6.07) is 0. The summed E-state index contributed by atoms with van der Waals surface area (Å²) in [5.74, 6) is -6.63. The zero-order valence-electron chi connectivity index (χ0n) is 21.1. The van der Waals surface area contributed by atoms with Crippen LogP contribution >= 0.6 is 0 Å². The number of carbonyl (C=O) groups is 5. The molecule has 0 aromatic heterocycles. The zero-order chi connectivity index (χ0) is 27.2. The molecule has 2 heterocycles. The number of rotatable bonds is 3. The average molecular weight is 523 g/mol. The van der Waals surface area contributed by atoms with E-state index in [0.717, 1.165) is 14.0 Å². The van der Waals surface area contributed by atoms with E-state index in [1.807, 2.05) is 0 Å². The molecule has 5 rings (SSSR count). The summed E-state index contributed by atoms with van der Waals surface area (Å²) < 4.78 is 27.4. The molecule has 10 atom stereocenters. The predicted molar refractivity (Wildman–Crippen MR) is 118 cm³/mol. The van der Waals surface area contributed by atoms with E-state index in [2.05, 4.69) is 0 Å². The quantitative estimate of drug-likeness (QED) is 0.363. The largest absolute Gasteiger partial charge is 0.467 e. The molecule has 5 aliphatic rings. The lowest BCUT2D eigenvalue weighted by Crippen LogP contribution is -2.79. The Morgan fingerprint density at radius 1 is 1.08 bits per heavy atom. The minimum atomic E-state index is -2.21. The van der Waals surface area contributed by atoms with E-state index in [4.69, 9.17) is 23.7 Å². The van der Waals surface area contributed by atoms with Crippen molar-refractivity contribution in [2.45, 2.75) is 70.6 Å². The smallest absolute Gasteiger partial charge is 0.348 e. The van der Waals surface area contributed by atoms with Crippen molar-refractivity contribution in [2.75, 3.05) is 13.7 Å². The van der Waals surface area contributed by atoms with Gasteiger partial charge in [-0.2, -0.15) is 0 Å². The van der Waals surface area contributed by atoms with Crippen LogP contribution in [0.4, 0.5) is 0 Å². The van der Waals surface area contributed by atoms with Gasteiger partial charge in [0.05, 0.1) is 25.7 Å². The van der Waals surface area contributed by atoms with E-state index in [9.17, 15) is 34.2 Å². The van der Waals surface area contributed by atoms with Gasteiger partial charge in [0.25, 0.3) is 0 Å². The van der Waals surface area contributed by atoms with Crippen LogP contribution in [0.5, 0.6) is 0 Å². The van der Waals surface area contributed by atoms with Crippen molar-refractivity contribution < 1.29 is 57.9 Å². The third-order valence-corrected chi connectivity index (χ3v) is 9.35. The second kappa shape index (κ2) is 8.08. The molecule has 2 saturated carbocycles. The van der Waals surface area contributed by atoms with Crippen LogP contribution in [-0.4, -0.2) is 83.6 Å². The standard InChI is InChI=1S/C25H30O12/c1-9-12-6-14-24-8-34-25(22(32)33-5,19(24)17(21(31)37-14)36-11(3)27)20(30)15(29)18(24)23(12,4)7-13(28)16(9)35-10(2)26/h12,14-15,17-20,29-30H,6-8H2,1-5H3/t12-,14+,15+,17+,18+,19+,20-,23-,24+,25+/m0/s1. The Balaban J connectivity index is 1.74. The summed E-state index contributed by atoms with van der Waals surface area (Å²) in [7, 11) is 1.08. The van der Waals surface area contributed by atoms with E-state index in [1.54, 1.807) is 13.8 Å². The van der Waals surface area contributed by atoms with Crippen molar-refractivity contribution in [1.82, 2.24) is 0 Å². The molecule has 2 N–H and O–H groups in total. The first kappa shape index (κ1) is 25.8. The van der Waals surface area contributed by atoms with Crippen molar-refractivity contribution in [2.24, 2.45) is 28.6 Å². The molecule has 3 aliphatic carbocycles. The second-order valence-corrected chi connectivity index (χ2v) is 11.0. The summed E-state index contributed by atoms with van der Waals surface area (Å²) in [5.41, 5.74) is -4.08. The number of aliphatic hydroxyl groups excluding tert-OH is 2. The Kier molecular flexibility index (Phi) is 5.64. The number of esters is 4. The molecule has 37 heavy (non-hydrogen) atoms. The summed E-state index contributed by atoms with van der Waals surface area (Å²) >= 11 is 0. The van der Waals surface area contributed by atoms with Crippen molar-refractivity contribution in [1.29, 1.82) is 0 Å². The maximum absolute atomic E-state index is 13.3. The maximum atomic E-state index is 13.3. The van der Waals surface area contributed by atoms with Gasteiger partial charge in [-0.15, -0.1) is 0 Å². The number of fused-ring (bicyclic) bond motifs is 2. The molecule has 0 amide bonds. The summed E-state index contributed by atoms with van der Waals surface area (Å²) in [5, 5.41) is 23.1. The Bertz CT molecular complexity index is 1140. The topological polar surface area (TPSA) is 172 Å². The highest BCUT2D eigenvalue weighted by Crippen LogP contribution is 2.72. The highest BCUT2D eigenvalue weighted by Gasteiger charge is 2.85. The van der Waals surface area contributed by atoms with E-state index in [0.29, 0.717) is 5.57 Å².